The van der Waals surface area contributed by atoms with Crippen LogP contribution in [0.5, 0.6) is 0 Å². The maximum Gasteiger partial charge on any atom is 0.256 e. The molecule has 1 heterocycles. The number of hydrogen-bond donors (Lipinski definition) is 4. The average Bonchev–Trinajstić information content (AvgIpc) is 2.94. The molecule has 0 saturated heterocycles. The summed E-state index contributed by atoms with van der Waals surface area (Å²) in [5.74, 6) is -0.149. The van der Waals surface area contributed by atoms with E-state index in [9.17, 15) is 4.79 Å². The summed E-state index contributed by atoms with van der Waals surface area (Å²) in [5, 5.41) is 20.5. The van der Waals surface area contributed by atoms with Crippen molar-refractivity contribution in [2.24, 2.45) is 10.9 Å². The van der Waals surface area contributed by atoms with Gasteiger partial charge in [-0.15, -0.1) is 0 Å². The summed E-state index contributed by atoms with van der Waals surface area (Å²) in [5.41, 5.74) is 7.47. The number of hydrogen-bond acceptors (Lipinski definition) is 4. The number of amidine groups is 1. The summed E-state index contributed by atoms with van der Waals surface area (Å²) < 4.78 is 0. The van der Waals surface area contributed by atoms with Crippen molar-refractivity contribution in [1.29, 1.82) is 0 Å². The summed E-state index contributed by atoms with van der Waals surface area (Å²) in [6, 6.07) is 7.28. The number of oxime groups is 1. The van der Waals surface area contributed by atoms with Crippen LogP contribution in [0.15, 0.2) is 35.6 Å². The Balaban J connectivity index is 2.17. The fourth-order valence-corrected chi connectivity index (χ4v) is 1.71. The monoisotopic (exact) mass is 273 g/mol. The van der Waals surface area contributed by atoms with Gasteiger partial charge in [0.05, 0.1) is 11.8 Å². The molecular formula is C13H15N5O2. The van der Waals surface area contributed by atoms with E-state index in [2.05, 4.69) is 20.7 Å². The van der Waals surface area contributed by atoms with E-state index in [0.29, 0.717) is 11.1 Å². The highest BCUT2D eigenvalue weighted by atomic mass is 16.4. The number of benzene rings is 1. The van der Waals surface area contributed by atoms with Crippen LogP contribution in [0.2, 0.25) is 0 Å². The van der Waals surface area contributed by atoms with Crippen LogP contribution in [0.4, 0.5) is 5.82 Å². The zero-order chi connectivity index (χ0) is 14.5. The third kappa shape index (κ3) is 2.77. The highest BCUT2D eigenvalue weighted by Gasteiger charge is 2.13. The van der Waals surface area contributed by atoms with Crippen molar-refractivity contribution in [3.8, 4) is 0 Å². The van der Waals surface area contributed by atoms with Crippen LogP contribution < -0.4 is 11.1 Å². The normalized spacial score (nSPS) is 11.3. The number of anilines is 1. The highest BCUT2D eigenvalue weighted by molar-refractivity contribution is 6.08. The fraction of sp³-hybridized carbons (Fsp3) is 0.154. The molecule has 2 rings (SSSR count). The van der Waals surface area contributed by atoms with E-state index >= 15 is 0 Å². The number of H-pyrrole nitrogens is 1. The number of aromatic amines is 1. The number of aryl methyl sites for hydroxylation is 1. The fourth-order valence-electron chi connectivity index (χ4n) is 1.71. The lowest BCUT2D eigenvalue weighted by Crippen LogP contribution is -2.18. The first-order chi connectivity index (χ1) is 9.65. The molecular weight excluding hydrogens is 258 g/mol. The number of nitrogens with one attached hydrogen (secondary N) is 2. The van der Waals surface area contributed by atoms with Gasteiger partial charge in [0.25, 0.3) is 5.91 Å². The van der Waals surface area contributed by atoms with Crippen LogP contribution in [0, 0.1) is 0 Å². The van der Waals surface area contributed by atoms with Gasteiger partial charge in [0.2, 0.25) is 0 Å². The van der Waals surface area contributed by atoms with Gasteiger partial charge in [-0.2, -0.15) is 5.10 Å². The first kappa shape index (κ1) is 13.6. The van der Waals surface area contributed by atoms with Gasteiger partial charge < -0.3 is 16.3 Å². The van der Waals surface area contributed by atoms with Crippen LogP contribution in [0.25, 0.3) is 0 Å². The molecule has 0 radical (unpaired) electrons. The molecule has 20 heavy (non-hydrogen) atoms. The van der Waals surface area contributed by atoms with Gasteiger partial charge in [-0.05, 0) is 24.1 Å². The van der Waals surface area contributed by atoms with Gasteiger partial charge >= 0.3 is 0 Å². The standard InChI is InChI=1S/C13H15N5O2/c1-2-8-3-5-9(6-4-8)13(19)16-12-10(7-15-17-12)11(14)18-20/h3-7,20H,2H2,1H3,(H2,14,18)(H2,15,16,17,19). The molecule has 0 aliphatic rings. The molecule has 1 aromatic carbocycles. The Bertz CT molecular complexity index is 630. The first-order valence-corrected chi connectivity index (χ1v) is 6.07. The van der Waals surface area contributed by atoms with Gasteiger partial charge in [0.15, 0.2) is 5.84 Å². The van der Waals surface area contributed by atoms with E-state index in [-0.39, 0.29) is 17.6 Å². The van der Waals surface area contributed by atoms with Crippen molar-refractivity contribution in [1.82, 2.24) is 10.2 Å². The summed E-state index contributed by atoms with van der Waals surface area (Å²) in [6.45, 7) is 2.04. The van der Waals surface area contributed by atoms with E-state index in [1.54, 1.807) is 12.1 Å². The SMILES string of the molecule is CCc1ccc(C(=O)Nc2[nH]ncc2C(N)=NO)cc1. The van der Waals surface area contributed by atoms with E-state index in [0.717, 1.165) is 12.0 Å². The van der Waals surface area contributed by atoms with Crippen LogP contribution in [-0.4, -0.2) is 27.1 Å². The average molecular weight is 273 g/mol. The zero-order valence-corrected chi connectivity index (χ0v) is 10.9. The Morgan fingerprint density at radius 3 is 2.75 bits per heavy atom. The number of amides is 1. The molecule has 7 heteroatoms. The molecule has 104 valence electrons. The lowest BCUT2D eigenvalue weighted by atomic mass is 10.1. The predicted molar refractivity (Wildman–Crippen MR) is 74.9 cm³/mol. The molecule has 0 saturated carbocycles. The molecule has 1 aromatic heterocycles. The van der Waals surface area contributed by atoms with Crippen molar-refractivity contribution in [3.63, 3.8) is 0 Å². The maximum absolute atomic E-state index is 12.1. The Morgan fingerprint density at radius 2 is 2.15 bits per heavy atom. The molecule has 0 aliphatic carbocycles. The minimum absolute atomic E-state index is 0.129. The lowest BCUT2D eigenvalue weighted by Gasteiger charge is -2.05. The summed E-state index contributed by atoms with van der Waals surface area (Å²) in [6.07, 6.45) is 2.28. The second-order valence-corrected chi connectivity index (χ2v) is 4.15. The minimum atomic E-state index is -0.302. The van der Waals surface area contributed by atoms with Crippen LogP contribution in [0.1, 0.15) is 28.4 Å². The van der Waals surface area contributed by atoms with Gasteiger partial charge in [0.1, 0.15) is 5.82 Å². The number of nitrogens with two attached hydrogens (primary N) is 1. The van der Waals surface area contributed by atoms with Crippen molar-refractivity contribution < 1.29 is 10.0 Å². The zero-order valence-electron chi connectivity index (χ0n) is 10.9. The van der Waals surface area contributed by atoms with Gasteiger partial charge in [0, 0.05) is 5.56 Å². The van der Waals surface area contributed by atoms with Gasteiger partial charge in [-0.3, -0.25) is 9.89 Å². The molecule has 0 atom stereocenters. The summed E-state index contributed by atoms with van der Waals surface area (Å²) in [7, 11) is 0. The Hall–Kier alpha value is -2.83. The van der Waals surface area contributed by atoms with Crippen molar-refractivity contribution in [2.45, 2.75) is 13.3 Å². The van der Waals surface area contributed by atoms with Crippen molar-refractivity contribution >= 4 is 17.6 Å². The molecule has 0 spiro atoms. The molecule has 2 aromatic rings. The largest absolute Gasteiger partial charge is 0.409 e. The van der Waals surface area contributed by atoms with E-state index in [1.165, 1.54) is 6.20 Å². The number of carbonyl (C=O) groups excluding carboxylic acids is 1. The minimum Gasteiger partial charge on any atom is -0.409 e. The van der Waals surface area contributed by atoms with E-state index < -0.39 is 0 Å². The summed E-state index contributed by atoms with van der Waals surface area (Å²) in [4.78, 5) is 12.1. The molecule has 0 fully saturated rings. The quantitative estimate of drug-likeness (QED) is 0.291. The molecule has 7 nitrogen and oxygen atoms in total. The van der Waals surface area contributed by atoms with E-state index in [1.807, 2.05) is 19.1 Å². The Morgan fingerprint density at radius 1 is 1.45 bits per heavy atom. The van der Waals surface area contributed by atoms with E-state index in [4.69, 9.17) is 10.9 Å². The number of nitrogens with zero attached hydrogens (tertiary/aromatic N) is 2. The lowest BCUT2D eigenvalue weighted by molar-refractivity contribution is 0.102. The second-order valence-electron chi connectivity index (χ2n) is 4.15. The predicted octanol–water partition coefficient (Wildman–Crippen LogP) is 1.32. The maximum atomic E-state index is 12.1. The second kappa shape index (κ2) is 5.87. The van der Waals surface area contributed by atoms with Crippen LogP contribution in [0.3, 0.4) is 0 Å². The molecule has 0 aliphatic heterocycles. The molecule has 0 bridgehead atoms. The third-order valence-electron chi connectivity index (χ3n) is 2.89. The number of rotatable bonds is 4. The number of aromatic nitrogens is 2. The molecule has 0 unspecified atom stereocenters. The number of carbonyl (C=O) groups is 1. The van der Waals surface area contributed by atoms with Crippen LogP contribution in [-0.2, 0) is 6.42 Å². The molecule has 1 amide bonds. The molecule has 5 N–H and O–H groups in total. The van der Waals surface area contributed by atoms with Crippen molar-refractivity contribution in [2.75, 3.05) is 5.32 Å². The van der Waals surface area contributed by atoms with Crippen LogP contribution >= 0.6 is 0 Å². The highest BCUT2D eigenvalue weighted by Crippen LogP contribution is 2.13. The Labute approximate surface area is 115 Å². The third-order valence-corrected chi connectivity index (χ3v) is 2.89. The Kier molecular flexibility index (Phi) is 3.99. The smallest absolute Gasteiger partial charge is 0.256 e. The summed E-state index contributed by atoms with van der Waals surface area (Å²) >= 11 is 0. The van der Waals surface area contributed by atoms with Crippen molar-refractivity contribution in [3.05, 3.63) is 47.2 Å². The van der Waals surface area contributed by atoms with Gasteiger partial charge in [-0.1, -0.05) is 24.2 Å². The first-order valence-electron chi connectivity index (χ1n) is 6.07. The van der Waals surface area contributed by atoms with Gasteiger partial charge in [-0.25, -0.2) is 0 Å². The topological polar surface area (TPSA) is 116 Å².